The monoisotopic (exact) mass is 275 g/mol. The molecule has 5 nitrogen and oxygen atoms in total. The van der Waals surface area contributed by atoms with Crippen LogP contribution in [0.2, 0.25) is 0 Å². The van der Waals surface area contributed by atoms with Gasteiger partial charge >= 0.3 is 5.97 Å². The summed E-state index contributed by atoms with van der Waals surface area (Å²) in [4.78, 5) is 36.5. The highest BCUT2D eigenvalue weighted by molar-refractivity contribution is 6.05. The number of carbonyl (C=O) groups is 3. The molecule has 0 bridgehead atoms. The van der Waals surface area contributed by atoms with E-state index in [1.807, 2.05) is 0 Å². The van der Waals surface area contributed by atoms with Crippen molar-refractivity contribution in [1.82, 2.24) is 4.90 Å². The fourth-order valence-electron chi connectivity index (χ4n) is 2.23. The Morgan fingerprint density at radius 3 is 2.30 bits per heavy atom. The second kappa shape index (κ2) is 5.07. The van der Waals surface area contributed by atoms with E-state index >= 15 is 0 Å². The normalized spacial score (nSPS) is 17.4. The Hall–Kier alpha value is -2.17. The predicted molar refractivity (Wildman–Crippen MR) is 71.7 cm³/mol. The van der Waals surface area contributed by atoms with Crippen LogP contribution in [0.4, 0.5) is 0 Å². The molecule has 20 heavy (non-hydrogen) atoms. The van der Waals surface area contributed by atoms with Crippen LogP contribution in [0.5, 0.6) is 0 Å². The lowest BCUT2D eigenvalue weighted by Crippen LogP contribution is -2.32. The third-order valence-electron chi connectivity index (χ3n) is 3.43. The number of nitrogens with zero attached hydrogens (tertiary/aromatic N) is 1. The molecule has 0 N–H and O–H groups in total. The smallest absolute Gasteiger partial charge is 0.337 e. The molecular weight excluding hydrogens is 258 g/mol. The second-order valence-electron chi connectivity index (χ2n) is 5.53. The van der Waals surface area contributed by atoms with Gasteiger partial charge in [-0.3, -0.25) is 14.5 Å². The van der Waals surface area contributed by atoms with E-state index in [9.17, 15) is 14.4 Å². The number of esters is 1. The van der Waals surface area contributed by atoms with Crippen LogP contribution in [0.25, 0.3) is 0 Å². The van der Waals surface area contributed by atoms with Crippen LogP contribution in [0.1, 0.15) is 36.2 Å². The molecule has 0 radical (unpaired) electrons. The number of rotatable bonds is 3. The fourth-order valence-corrected chi connectivity index (χ4v) is 2.23. The van der Waals surface area contributed by atoms with E-state index in [0.717, 1.165) is 5.56 Å². The van der Waals surface area contributed by atoms with Crippen LogP contribution in [0, 0.1) is 5.41 Å². The minimum Gasteiger partial charge on any atom is -0.465 e. The minimum absolute atomic E-state index is 0.153. The van der Waals surface area contributed by atoms with E-state index in [1.54, 1.807) is 38.1 Å². The summed E-state index contributed by atoms with van der Waals surface area (Å²) < 4.78 is 4.61. The van der Waals surface area contributed by atoms with E-state index in [4.69, 9.17) is 0 Å². The van der Waals surface area contributed by atoms with E-state index in [-0.39, 0.29) is 24.8 Å². The Kier molecular flexibility index (Phi) is 3.61. The highest BCUT2D eigenvalue weighted by atomic mass is 16.5. The van der Waals surface area contributed by atoms with Gasteiger partial charge in [0.25, 0.3) is 0 Å². The predicted octanol–water partition coefficient (Wildman–Crippen LogP) is 1.76. The van der Waals surface area contributed by atoms with E-state index in [2.05, 4.69) is 4.74 Å². The van der Waals surface area contributed by atoms with Crippen molar-refractivity contribution in [3.8, 4) is 0 Å². The maximum Gasteiger partial charge on any atom is 0.337 e. The summed E-state index contributed by atoms with van der Waals surface area (Å²) in [5, 5.41) is 0. The first kappa shape index (κ1) is 14.2. The van der Waals surface area contributed by atoms with Crippen LogP contribution in [-0.4, -0.2) is 29.8 Å². The highest BCUT2D eigenvalue weighted by Gasteiger charge is 2.44. The Morgan fingerprint density at radius 1 is 1.25 bits per heavy atom. The lowest BCUT2D eigenvalue weighted by molar-refractivity contribution is -0.141. The molecule has 1 saturated heterocycles. The summed E-state index contributed by atoms with van der Waals surface area (Å²) in [5.41, 5.74) is 0.621. The third-order valence-corrected chi connectivity index (χ3v) is 3.43. The zero-order chi connectivity index (χ0) is 14.9. The average molecular weight is 275 g/mol. The summed E-state index contributed by atoms with van der Waals surface area (Å²) in [6.45, 7) is 3.78. The van der Waals surface area contributed by atoms with Crippen LogP contribution >= 0.6 is 0 Å². The summed E-state index contributed by atoms with van der Waals surface area (Å²) in [6, 6.07) is 6.69. The van der Waals surface area contributed by atoms with Gasteiger partial charge in [0.15, 0.2) is 0 Å². The first-order valence-electron chi connectivity index (χ1n) is 6.37. The zero-order valence-corrected chi connectivity index (χ0v) is 11.8. The maximum absolute atomic E-state index is 12.1. The number of benzene rings is 1. The van der Waals surface area contributed by atoms with E-state index in [0.29, 0.717) is 5.56 Å². The molecule has 1 aliphatic rings. The number of amides is 2. The minimum atomic E-state index is -0.622. The van der Waals surface area contributed by atoms with Gasteiger partial charge in [0, 0.05) is 6.42 Å². The molecule has 0 aromatic heterocycles. The molecular formula is C15H17NO4. The molecule has 0 saturated carbocycles. The molecule has 0 spiro atoms. The van der Waals surface area contributed by atoms with Crippen molar-refractivity contribution >= 4 is 17.8 Å². The van der Waals surface area contributed by atoms with Gasteiger partial charge in [0.2, 0.25) is 11.8 Å². The first-order chi connectivity index (χ1) is 9.35. The molecule has 2 amide bonds. The quantitative estimate of drug-likeness (QED) is 0.623. The number of hydrogen-bond acceptors (Lipinski definition) is 4. The van der Waals surface area contributed by atoms with Gasteiger partial charge in [0.05, 0.1) is 24.6 Å². The average Bonchev–Trinajstić information content (AvgIpc) is 2.61. The van der Waals surface area contributed by atoms with Gasteiger partial charge in [-0.2, -0.15) is 0 Å². The Balaban J connectivity index is 2.13. The zero-order valence-electron chi connectivity index (χ0n) is 11.8. The van der Waals surface area contributed by atoms with Crippen molar-refractivity contribution in [3.63, 3.8) is 0 Å². The Bertz CT molecular complexity index is 560. The van der Waals surface area contributed by atoms with Gasteiger partial charge < -0.3 is 4.74 Å². The van der Waals surface area contributed by atoms with Crippen molar-refractivity contribution in [1.29, 1.82) is 0 Å². The first-order valence-corrected chi connectivity index (χ1v) is 6.37. The molecule has 5 heteroatoms. The van der Waals surface area contributed by atoms with Crippen LogP contribution < -0.4 is 0 Å². The highest BCUT2D eigenvalue weighted by Crippen LogP contribution is 2.32. The van der Waals surface area contributed by atoms with Crippen molar-refractivity contribution in [2.75, 3.05) is 7.11 Å². The maximum atomic E-state index is 12.1. The Morgan fingerprint density at radius 2 is 1.85 bits per heavy atom. The molecule has 1 aromatic carbocycles. The van der Waals surface area contributed by atoms with Crippen LogP contribution in [0.15, 0.2) is 24.3 Å². The van der Waals surface area contributed by atoms with Crippen LogP contribution in [0.3, 0.4) is 0 Å². The van der Waals surface area contributed by atoms with Crippen molar-refractivity contribution in [2.24, 2.45) is 5.41 Å². The third kappa shape index (κ3) is 2.57. The number of ether oxygens (including phenoxy) is 1. The molecule has 1 heterocycles. The number of methoxy groups -OCH3 is 1. The molecule has 0 aliphatic carbocycles. The molecule has 1 aromatic rings. The van der Waals surface area contributed by atoms with Crippen LogP contribution in [-0.2, 0) is 20.9 Å². The van der Waals surface area contributed by atoms with Gasteiger partial charge in [-0.15, -0.1) is 0 Å². The summed E-state index contributed by atoms with van der Waals surface area (Å²) in [7, 11) is 1.32. The van der Waals surface area contributed by atoms with Gasteiger partial charge in [0.1, 0.15) is 0 Å². The molecule has 106 valence electrons. The van der Waals surface area contributed by atoms with Crippen molar-refractivity contribution < 1.29 is 19.1 Å². The summed E-state index contributed by atoms with van der Waals surface area (Å²) >= 11 is 0. The van der Waals surface area contributed by atoms with Gasteiger partial charge in [-0.1, -0.05) is 26.0 Å². The molecule has 0 unspecified atom stereocenters. The Labute approximate surface area is 117 Å². The summed E-state index contributed by atoms with van der Waals surface area (Å²) in [6.07, 6.45) is 0.242. The number of likely N-dealkylation sites (tertiary alicyclic amines) is 1. The van der Waals surface area contributed by atoms with Gasteiger partial charge in [-0.25, -0.2) is 4.79 Å². The lowest BCUT2D eigenvalue weighted by atomic mass is 9.92. The molecule has 1 fully saturated rings. The fraction of sp³-hybridized carbons (Fsp3) is 0.400. The topological polar surface area (TPSA) is 63.7 Å². The largest absolute Gasteiger partial charge is 0.465 e. The van der Waals surface area contributed by atoms with Crippen molar-refractivity contribution in [2.45, 2.75) is 26.8 Å². The standard InChI is InChI=1S/C15H17NO4/c1-15(2)8-12(17)16(14(15)19)9-10-4-6-11(7-5-10)13(18)20-3/h4-7H,8-9H2,1-3H3. The number of imide groups is 1. The van der Waals surface area contributed by atoms with Crippen molar-refractivity contribution in [3.05, 3.63) is 35.4 Å². The number of carbonyl (C=O) groups excluding carboxylic acids is 3. The molecule has 0 atom stereocenters. The SMILES string of the molecule is COC(=O)c1ccc(CN2C(=O)CC(C)(C)C2=O)cc1. The number of hydrogen-bond donors (Lipinski definition) is 0. The second-order valence-corrected chi connectivity index (χ2v) is 5.53. The summed E-state index contributed by atoms with van der Waals surface area (Å²) in [5.74, 6) is -0.720. The van der Waals surface area contributed by atoms with E-state index < -0.39 is 11.4 Å². The molecule has 1 aliphatic heterocycles. The van der Waals surface area contributed by atoms with Gasteiger partial charge in [-0.05, 0) is 17.7 Å². The lowest BCUT2D eigenvalue weighted by Gasteiger charge is -2.17. The molecule has 2 rings (SSSR count). The van der Waals surface area contributed by atoms with E-state index in [1.165, 1.54) is 12.0 Å².